The van der Waals surface area contributed by atoms with Gasteiger partial charge in [-0.1, -0.05) is 32.9 Å². The summed E-state index contributed by atoms with van der Waals surface area (Å²) in [6, 6.07) is 8.03. The van der Waals surface area contributed by atoms with Crippen molar-refractivity contribution >= 4 is 16.6 Å². The number of hydrogen-bond donors (Lipinski definition) is 0. The molecule has 7 heteroatoms. The molecule has 1 rings (SSSR count). The van der Waals surface area contributed by atoms with Crippen LogP contribution in [0, 0.1) is 0 Å². The van der Waals surface area contributed by atoms with Crippen LogP contribution >= 0.6 is 0 Å². The van der Waals surface area contributed by atoms with Crippen LogP contribution in [0.25, 0.3) is 0 Å². The Labute approximate surface area is 211 Å². The zero-order valence-corrected chi connectivity index (χ0v) is 25.5. The predicted octanol–water partition coefficient (Wildman–Crippen LogP) is 7.89. The fourth-order valence-corrected chi connectivity index (χ4v) is 5.02. The topological polar surface area (TPSA) is 46.2 Å². The minimum Gasteiger partial charge on any atom is -0.520 e. The number of allylic oxidation sites excluding steroid dienone is 1. The van der Waals surface area contributed by atoms with Gasteiger partial charge >= 0.3 is 0 Å². The van der Waals surface area contributed by atoms with Gasteiger partial charge in [-0.2, -0.15) is 0 Å². The molecule has 0 N–H and O–H groups in total. The summed E-state index contributed by atoms with van der Waals surface area (Å²) in [4.78, 5) is 0. The van der Waals surface area contributed by atoms with Crippen LogP contribution in [0.3, 0.4) is 0 Å². The van der Waals surface area contributed by atoms with Crippen LogP contribution in [0.1, 0.15) is 58.4 Å². The van der Waals surface area contributed by atoms with Crippen LogP contribution in [0.5, 0.6) is 5.75 Å². The first-order valence-corrected chi connectivity index (χ1v) is 18.9. The SMILES string of the molecule is CO/C(O[Si](C)(C)C)=C(/CCCCOCc1ccc(OC)cc1)CCCO[Si](C)(C)C(C)(C)C. The van der Waals surface area contributed by atoms with Gasteiger partial charge < -0.3 is 23.1 Å². The van der Waals surface area contributed by atoms with Crippen molar-refractivity contribution in [2.24, 2.45) is 0 Å². The maximum Gasteiger partial charge on any atom is 0.264 e. The van der Waals surface area contributed by atoms with Gasteiger partial charge in [0.1, 0.15) is 5.75 Å². The summed E-state index contributed by atoms with van der Waals surface area (Å²) >= 11 is 0. The van der Waals surface area contributed by atoms with E-state index in [0.29, 0.717) is 6.61 Å². The Kier molecular flexibility index (Phi) is 12.9. The third-order valence-corrected chi connectivity index (χ3v) is 11.5. The Bertz CT molecular complexity index is 731. The molecule has 0 saturated carbocycles. The van der Waals surface area contributed by atoms with Crippen molar-refractivity contribution in [1.82, 2.24) is 0 Å². The van der Waals surface area contributed by atoms with Crippen LogP contribution in [0.4, 0.5) is 0 Å². The molecule has 1 aromatic rings. The normalized spacial score (nSPS) is 13.5. The van der Waals surface area contributed by atoms with E-state index in [4.69, 9.17) is 23.1 Å². The minimum absolute atomic E-state index is 0.232. The molecule has 0 aromatic heterocycles. The van der Waals surface area contributed by atoms with E-state index in [2.05, 4.69) is 53.5 Å². The van der Waals surface area contributed by atoms with Gasteiger partial charge in [-0.25, -0.2) is 0 Å². The van der Waals surface area contributed by atoms with Crippen molar-refractivity contribution in [2.75, 3.05) is 27.4 Å². The van der Waals surface area contributed by atoms with Crippen molar-refractivity contribution in [1.29, 1.82) is 0 Å². The zero-order valence-electron chi connectivity index (χ0n) is 23.5. The molecule has 0 heterocycles. The average Bonchev–Trinajstić information content (AvgIpc) is 2.75. The van der Waals surface area contributed by atoms with Crippen LogP contribution in [0.2, 0.25) is 37.8 Å². The first kappa shape index (κ1) is 30.7. The fraction of sp³-hybridized carbons (Fsp3) is 0.704. The Morgan fingerprint density at radius 3 is 1.97 bits per heavy atom. The quantitative estimate of drug-likeness (QED) is 0.128. The molecule has 0 bridgehead atoms. The highest BCUT2D eigenvalue weighted by Crippen LogP contribution is 2.36. The van der Waals surface area contributed by atoms with E-state index in [-0.39, 0.29) is 5.04 Å². The van der Waals surface area contributed by atoms with Gasteiger partial charge in [0.2, 0.25) is 8.32 Å². The van der Waals surface area contributed by atoms with Crippen molar-refractivity contribution < 1.29 is 23.1 Å². The van der Waals surface area contributed by atoms with Gasteiger partial charge in [0.05, 0.1) is 20.8 Å². The summed E-state index contributed by atoms with van der Waals surface area (Å²) in [6.07, 6.45) is 4.93. The summed E-state index contributed by atoms with van der Waals surface area (Å²) in [5.74, 6) is 1.60. The molecule has 0 unspecified atom stereocenters. The highest BCUT2D eigenvalue weighted by Gasteiger charge is 2.36. The number of methoxy groups -OCH3 is 2. The molecule has 0 fully saturated rings. The van der Waals surface area contributed by atoms with Crippen LogP contribution < -0.4 is 4.74 Å². The molecule has 0 spiro atoms. The second kappa shape index (κ2) is 14.3. The molecular weight excluding hydrogens is 460 g/mol. The van der Waals surface area contributed by atoms with Gasteiger partial charge in [-0.05, 0) is 87.6 Å². The van der Waals surface area contributed by atoms with E-state index >= 15 is 0 Å². The van der Waals surface area contributed by atoms with Crippen LogP contribution in [-0.4, -0.2) is 44.1 Å². The van der Waals surface area contributed by atoms with E-state index in [9.17, 15) is 0 Å². The standard InChI is InChI=1S/C27H50O5Si2/c1-27(2,3)34(9,10)31-21-13-15-24(26(29-5)32-33(6,7)8)14-11-12-20-30-22-23-16-18-25(28-4)19-17-23/h16-19H,11-15,20-22H2,1-10H3/b26-24+. The highest BCUT2D eigenvalue weighted by atomic mass is 28.4. The third kappa shape index (κ3) is 11.9. The molecule has 0 aliphatic heterocycles. The Morgan fingerprint density at radius 1 is 0.824 bits per heavy atom. The number of benzene rings is 1. The lowest BCUT2D eigenvalue weighted by molar-refractivity contribution is 0.116. The van der Waals surface area contributed by atoms with Crippen molar-refractivity contribution in [3.63, 3.8) is 0 Å². The largest absolute Gasteiger partial charge is 0.520 e. The molecule has 0 radical (unpaired) electrons. The molecule has 5 nitrogen and oxygen atoms in total. The van der Waals surface area contributed by atoms with Gasteiger partial charge in [0.25, 0.3) is 5.95 Å². The molecule has 196 valence electrons. The fourth-order valence-electron chi connectivity index (χ4n) is 3.15. The Hall–Kier alpha value is -1.29. The Morgan fingerprint density at radius 2 is 1.44 bits per heavy atom. The molecule has 0 amide bonds. The van der Waals surface area contributed by atoms with E-state index in [0.717, 1.165) is 62.6 Å². The monoisotopic (exact) mass is 510 g/mol. The summed E-state index contributed by atoms with van der Waals surface area (Å²) in [5, 5.41) is 0.232. The van der Waals surface area contributed by atoms with E-state index < -0.39 is 16.6 Å². The molecule has 0 saturated heterocycles. The average molecular weight is 511 g/mol. The molecule has 1 aromatic carbocycles. The number of hydrogen-bond acceptors (Lipinski definition) is 5. The first-order valence-electron chi connectivity index (χ1n) is 12.6. The number of unbranched alkanes of at least 4 members (excludes halogenated alkanes) is 1. The predicted molar refractivity (Wildman–Crippen MR) is 147 cm³/mol. The second-order valence-electron chi connectivity index (χ2n) is 11.4. The van der Waals surface area contributed by atoms with Gasteiger partial charge in [0.15, 0.2) is 8.32 Å². The maximum atomic E-state index is 6.39. The smallest absolute Gasteiger partial charge is 0.264 e. The van der Waals surface area contributed by atoms with E-state index in [1.165, 1.54) is 5.57 Å². The summed E-state index contributed by atoms with van der Waals surface area (Å²) in [7, 11) is -0.0698. The minimum atomic E-state index is -1.75. The summed E-state index contributed by atoms with van der Waals surface area (Å²) in [5.41, 5.74) is 2.42. The van der Waals surface area contributed by atoms with Crippen LogP contribution in [-0.2, 0) is 24.9 Å². The van der Waals surface area contributed by atoms with Crippen LogP contribution in [0.15, 0.2) is 35.8 Å². The Balaban J connectivity index is 2.57. The van der Waals surface area contributed by atoms with Crippen molar-refractivity contribution in [3.05, 3.63) is 41.3 Å². The first-order chi connectivity index (χ1) is 15.8. The van der Waals surface area contributed by atoms with Gasteiger partial charge in [0, 0.05) is 18.8 Å². The molecule has 0 atom stereocenters. The third-order valence-electron chi connectivity index (χ3n) is 6.21. The van der Waals surface area contributed by atoms with Gasteiger partial charge in [-0.3, -0.25) is 0 Å². The number of ether oxygens (including phenoxy) is 3. The van der Waals surface area contributed by atoms with Gasteiger partial charge in [-0.15, -0.1) is 0 Å². The molecular formula is C27H50O5Si2. The highest BCUT2D eigenvalue weighted by molar-refractivity contribution is 6.74. The molecule has 0 aliphatic rings. The molecule has 0 aliphatic carbocycles. The zero-order chi connectivity index (χ0) is 25.8. The lowest BCUT2D eigenvalue weighted by Gasteiger charge is -2.36. The van der Waals surface area contributed by atoms with E-state index in [1.54, 1.807) is 14.2 Å². The second-order valence-corrected chi connectivity index (χ2v) is 20.6. The molecule has 34 heavy (non-hydrogen) atoms. The lowest BCUT2D eigenvalue weighted by atomic mass is 10.0. The maximum absolute atomic E-state index is 6.39. The van der Waals surface area contributed by atoms with Crippen molar-refractivity contribution in [2.45, 2.75) is 97.3 Å². The number of rotatable bonds is 16. The summed E-state index contributed by atoms with van der Waals surface area (Å²) in [6.45, 7) is 20.2. The van der Waals surface area contributed by atoms with Crippen molar-refractivity contribution in [3.8, 4) is 5.75 Å². The van der Waals surface area contributed by atoms with E-state index in [1.807, 2.05) is 24.3 Å². The lowest BCUT2D eigenvalue weighted by Crippen LogP contribution is -2.40. The summed E-state index contributed by atoms with van der Waals surface area (Å²) < 4.78 is 29.5.